The average molecular weight is 490 g/mol. The van der Waals surface area contributed by atoms with E-state index in [1.54, 1.807) is 11.3 Å². The van der Waals surface area contributed by atoms with Crippen molar-refractivity contribution in [2.45, 2.75) is 98.6 Å². The van der Waals surface area contributed by atoms with Gasteiger partial charge in [-0.2, -0.15) is 5.11 Å². The molecular weight excluding hydrogens is 446 g/mol. The first kappa shape index (κ1) is 28.0. The van der Waals surface area contributed by atoms with Gasteiger partial charge < -0.3 is 14.2 Å². The van der Waals surface area contributed by atoms with E-state index >= 15 is 0 Å². The van der Waals surface area contributed by atoms with Crippen LogP contribution in [-0.4, -0.2) is 41.1 Å². The molecule has 190 valence electrons. The molecule has 1 aromatic heterocycles. The van der Waals surface area contributed by atoms with Gasteiger partial charge in [-0.05, 0) is 38.2 Å². The van der Waals surface area contributed by atoms with Crippen LogP contribution in [0.3, 0.4) is 0 Å². The van der Waals surface area contributed by atoms with Gasteiger partial charge >= 0.3 is 0 Å². The Hall–Kier alpha value is -2.22. The second-order valence-corrected chi connectivity index (χ2v) is 9.76. The second kappa shape index (κ2) is 14.9. The number of aromatic nitrogens is 1. The van der Waals surface area contributed by atoms with E-state index < -0.39 is 0 Å². The fourth-order valence-electron chi connectivity index (χ4n) is 3.80. The lowest BCUT2D eigenvalue weighted by atomic mass is 10.2. The second-order valence-electron chi connectivity index (χ2n) is 8.75. The molecule has 1 amide bonds. The molecule has 34 heavy (non-hydrogen) atoms. The first-order chi connectivity index (χ1) is 16.5. The minimum Gasteiger partial charge on any atom is -0.488 e. The molecule has 0 bridgehead atoms. The number of nitrogens with one attached hydrogen (secondary N) is 1. The Kier molecular flexibility index (Phi) is 12.3. The van der Waals surface area contributed by atoms with Crippen LogP contribution < -0.4 is 9.54 Å². The lowest BCUT2D eigenvalue weighted by molar-refractivity contribution is -0.132. The van der Waals surface area contributed by atoms with Crippen LogP contribution in [0.4, 0.5) is 5.69 Å². The summed E-state index contributed by atoms with van der Waals surface area (Å²) in [6.45, 7) is 13.3. The summed E-state index contributed by atoms with van der Waals surface area (Å²) in [5.74, 6) is 0.736. The van der Waals surface area contributed by atoms with E-state index in [0.717, 1.165) is 86.0 Å². The van der Waals surface area contributed by atoms with Crippen molar-refractivity contribution in [2.75, 3.05) is 19.6 Å². The molecule has 1 N–H and O–H groups in total. The Morgan fingerprint density at radius 1 is 1.06 bits per heavy atom. The molecule has 2 aromatic rings. The smallest absolute Gasteiger partial charge is 0.242 e. The molecule has 0 radical (unpaired) electrons. The number of fused-ring (bicyclic) bond motifs is 1. The quantitative estimate of drug-likeness (QED) is 0.202. The van der Waals surface area contributed by atoms with Gasteiger partial charge in [-0.3, -0.25) is 9.79 Å². The van der Waals surface area contributed by atoms with E-state index in [-0.39, 0.29) is 18.6 Å². The summed E-state index contributed by atoms with van der Waals surface area (Å²) in [5.41, 5.74) is 9.12. The van der Waals surface area contributed by atoms with Gasteiger partial charge in [0.25, 0.3) is 0 Å². The van der Waals surface area contributed by atoms with Crippen LogP contribution in [0.15, 0.2) is 22.2 Å². The van der Waals surface area contributed by atoms with Gasteiger partial charge in [-0.15, -0.1) is 0 Å². The highest BCUT2D eigenvalue weighted by Gasteiger charge is 2.19. The van der Waals surface area contributed by atoms with E-state index in [1.807, 2.05) is 21.6 Å². The zero-order valence-electron chi connectivity index (χ0n) is 21.7. The van der Waals surface area contributed by atoms with Gasteiger partial charge in [0.2, 0.25) is 5.91 Å². The Morgan fingerprint density at radius 3 is 2.26 bits per heavy atom. The number of ether oxygens (including phenoxy) is 1. The predicted octanol–water partition coefficient (Wildman–Crippen LogP) is 7.06. The Bertz CT molecular complexity index is 969. The minimum absolute atomic E-state index is 0.0685. The highest BCUT2D eigenvalue weighted by molar-refractivity contribution is 7.16. The topological polar surface area (TPSA) is 83.0 Å². The lowest BCUT2D eigenvalue weighted by Gasteiger charge is -2.23. The Morgan fingerprint density at radius 2 is 1.71 bits per heavy atom. The van der Waals surface area contributed by atoms with Crippen LogP contribution in [0.5, 0.6) is 5.75 Å². The fourth-order valence-corrected chi connectivity index (χ4v) is 4.87. The van der Waals surface area contributed by atoms with E-state index in [0.29, 0.717) is 11.4 Å². The van der Waals surface area contributed by atoms with Crippen LogP contribution in [-0.2, 0) is 11.3 Å². The van der Waals surface area contributed by atoms with Crippen LogP contribution in [0.2, 0.25) is 0 Å². The normalized spacial score (nSPS) is 12.0. The fraction of sp³-hybridized carbons (Fsp3) is 0.692. The molecule has 0 spiro atoms. The Balaban J connectivity index is 2.53. The predicted molar refractivity (Wildman–Crippen MR) is 141 cm³/mol. The Labute approximate surface area is 208 Å². The molecule has 0 saturated heterocycles. The molecule has 8 heteroatoms. The number of hydrogen-bond donors (Lipinski definition) is 1. The van der Waals surface area contributed by atoms with E-state index in [1.165, 1.54) is 0 Å². The molecule has 0 aliphatic carbocycles. The summed E-state index contributed by atoms with van der Waals surface area (Å²) >= 11 is 1.56. The van der Waals surface area contributed by atoms with Gasteiger partial charge in [0.15, 0.2) is 4.80 Å². The number of rotatable bonds is 16. The minimum atomic E-state index is 0.0685. The standard InChI is InChI=1S/C26H43N5O2S/c1-6-11-14-28-26-31(19-25(32)30(15-12-7-2)16-13-8-3)22-18-23(33-20(9-4)10-5)21(29-27)17-24(22)34-26/h17-18,20,27H,6-16,19H2,1-5H3/b28-26+,29-27?. The molecule has 0 fully saturated rings. The maximum Gasteiger partial charge on any atom is 0.242 e. The maximum absolute atomic E-state index is 13.4. The van der Waals surface area contributed by atoms with Crippen LogP contribution in [0.25, 0.3) is 10.2 Å². The van der Waals surface area contributed by atoms with Crippen molar-refractivity contribution in [1.82, 2.24) is 9.47 Å². The molecule has 2 rings (SSSR count). The van der Waals surface area contributed by atoms with Crippen molar-refractivity contribution in [3.8, 4) is 5.75 Å². The van der Waals surface area contributed by atoms with Gasteiger partial charge in [0, 0.05) is 25.7 Å². The number of carbonyl (C=O) groups excluding carboxylic acids is 1. The summed E-state index contributed by atoms with van der Waals surface area (Å²) < 4.78 is 9.23. The molecule has 0 atom stereocenters. The first-order valence-electron chi connectivity index (χ1n) is 13.0. The molecule has 7 nitrogen and oxygen atoms in total. The molecule has 0 aliphatic rings. The third-order valence-electron chi connectivity index (χ3n) is 6.06. The maximum atomic E-state index is 13.4. The summed E-state index contributed by atoms with van der Waals surface area (Å²) in [5, 5.41) is 3.73. The summed E-state index contributed by atoms with van der Waals surface area (Å²) in [6, 6.07) is 3.85. The molecular formula is C26H43N5O2S. The molecule has 0 aliphatic heterocycles. The first-order valence-corrected chi connectivity index (χ1v) is 13.8. The third-order valence-corrected chi connectivity index (χ3v) is 7.14. The molecule has 1 aromatic carbocycles. The summed E-state index contributed by atoms with van der Waals surface area (Å²) in [4.78, 5) is 21.1. The number of carbonyl (C=O) groups is 1. The van der Waals surface area contributed by atoms with Crippen molar-refractivity contribution in [3.05, 3.63) is 16.9 Å². The summed E-state index contributed by atoms with van der Waals surface area (Å²) in [6.07, 6.45) is 8.09. The number of thiazole rings is 1. The van der Waals surface area contributed by atoms with Crippen molar-refractivity contribution in [3.63, 3.8) is 0 Å². The highest BCUT2D eigenvalue weighted by Crippen LogP contribution is 2.35. The number of unbranched alkanes of at least 4 members (excludes halogenated alkanes) is 3. The van der Waals surface area contributed by atoms with Crippen molar-refractivity contribution in [2.24, 2.45) is 10.1 Å². The van der Waals surface area contributed by atoms with Crippen molar-refractivity contribution in [1.29, 1.82) is 5.53 Å². The SMILES string of the molecule is CCCC/N=c1/sc2cc(N=N)c(OC(CC)CC)cc2n1CC(=O)N(CCCC)CCCC. The number of benzene rings is 1. The van der Waals surface area contributed by atoms with Crippen molar-refractivity contribution < 1.29 is 9.53 Å². The molecule has 0 unspecified atom stereocenters. The monoisotopic (exact) mass is 489 g/mol. The van der Waals surface area contributed by atoms with Crippen molar-refractivity contribution >= 4 is 33.1 Å². The van der Waals surface area contributed by atoms with Crippen LogP contribution >= 0.6 is 11.3 Å². The highest BCUT2D eigenvalue weighted by atomic mass is 32.1. The largest absolute Gasteiger partial charge is 0.488 e. The van der Waals surface area contributed by atoms with Gasteiger partial charge in [-0.25, -0.2) is 5.53 Å². The number of amides is 1. The van der Waals surface area contributed by atoms with Gasteiger partial charge in [0.1, 0.15) is 18.0 Å². The van der Waals surface area contributed by atoms with Gasteiger partial charge in [0.05, 0.1) is 16.3 Å². The number of hydrogen-bond acceptors (Lipinski definition) is 6. The lowest BCUT2D eigenvalue weighted by Crippen LogP contribution is -2.37. The summed E-state index contributed by atoms with van der Waals surface area (Å²) in [7, 11) is 0. The average Bonchev–Trinajstić information content (AvgIpc) is 3.17. The van der Waals surface area contributed by atoms with E-state index in [2.05, 4.69) is 39.7 Å². The van der Waals surface area contributed by atoms with E-state index in [9.17, 15) is 4.79 Å². The van der Waals surface area contributed by atoms with Crippen LogP contribution in [0, 0.1) is 5.53 Å². The third kappa shape index (κ3) is 7.65. The van der Waals surface area contributed by atoms with E-state index in [4.69, 9.17) is 15.3 Å². The number of nitrogens with zero attached hydrogens (tertiary/aromatic N) is 4. The zero-order valence-corrected chi connectivity index (χ0v) is 22.5. The van der Waals surface area contributed by atoms with Gasteiger partial charge in [-0.1, -0.05) is 65.2 Å². The molecule has 1 heterocycles. The zero-order chi connectivity index (χ0) is 24.9. The van der Waals surface area contributed by atoms with Crippen LogP contribution in [0.1, 0.15) is 86.0 Å². The molecule has 0 saturated carbocycles.